The number of hydrazine groups is 1. The van der Waals surface area contributed by atoms with Crippen molar-refractivity contribution >= 4 is 11.6 Å². The molecule has 0 aliphatic heterocycles. The van der Waals surface area contributed by atoms with Gasteiger partial charge in [0, 0.05) is 5.02 Å². The zero-order chi connectivity index (χ0) is 14.7. The molecule has 2 aromatic rings. The van der Waals surface area contributed by atoms with Gasteiger partial charge in [0.15, 0.2) is 11.6 Å². The van der Waals surface area contributed by atoms with Crippen LogP contribution in [0.25, 0.3) is 0 Å². The van der Waals surface area contributed by atoms with Gasteiger partial charge in [-0.05, 0) is 36.1 Å². The summed E-state index contributed by atoms with van der Waals surface area (Å²) in [7, 11) is 0. The summed E-state index contributed by atoms with van der Waals surface area (Å²) >= 11 is 6.24. The van der Waals surface area contributed by atoms with E-state index in [2.05, 4.69) is 5.43 Å². The largest absolute Gasteiger partial charge is 0.271 e. The van der Waals surface area contributed by atoms with Gasteiger partial charge in [0.1, 0.15) is 0 Å². The topological polar surface area (TPSA) is 38.0 Å². The van der Waals surface area contributed by atoms with Gasteiger partial charge < -0.3 is 0 Å². The van der Waals surface area contributed by atoms with Crippen LogP contribution in [0.5, 0.6) is 0 Å². The fourth-order valence-corrected chi connectivity index (χ4v) is 2.38. The maximum atomic E-state index is 13.7. The van der Waals surface area contributed by atoms with E-state index in [0.717, 1.165) is 17.2 Å². The number of hydrogen-bond acceptors (Lipinski definition) is 2. The molecule has 20 heavy (non-hydrogen) atoms. The standard InChI is InChI=1S/C15H15ClF2N2/c1-9-4-2-6-11(14(9)16)13(20-19)8-10-5-3-7-12(17)15(10)18/h2-7,13,20H,8,19H2,1H3. The molecule has 0 radical (unpaired) electrons. The second-order valence-electron chi connectivity index (χ2n) is 4.61. The molecule has 0 heterocycles. The highest BCUT2D eigenvalue weighted by Crippen LogP contribution is 2.28. The van der Waals surface area contributed by atoms with Gasteiger partial charge in [-0.25, -0.2) is 8.78 Å². The molecule has 0 fully saturated rings. The summed E-state index contributed by atoms with van der Waals surface area (Å²) in [6.45, 7) is 1.88. The van der Waals surface area contributed by atoms with Crippen molar-refractivity contribution < 1.29 is 8.78 Å². The molecule has 0 amide bonds. The highest BCUT2D eigenvalue weighted by Gasteiger charge is 2.18. The smallest absolute Gasteiger partial charge is 0.162 e. The molecule has 2 nitrogen and oxygen atoms in total. The first-order valence-corrected chi connectivity index (χ1v) is 6.56. The Bertz CT molecular complexity index is 617. The Morgan fingerprint density at radius 3 is 2.60 bits per heavy atom. The molecule has 0 aromatic heterocycles. The third kappa shape index (κ3) is 2.98. The maximum Gasteiger partial charge on any atom is 0.162 e. The Hall–Kier alpha value is -1.49. The van der Waals surface area contributed by atoms with E-state index < -0.39 is 17.7 Å². The summed E-state index contributed by atoms with van der Waals surface area (Å²) in [5.74, 6) is 3.82. The molecule has 2 rings (SSSR count). The predicted octanol–water partition coefficient (Wildman–Crippen LogP) is 3.67. The van der Waals surface area contributed by atoms with Gasteiger partial charge in [-0.1, -0.05) is 41.9 Å². The van der Waals surface area contributed by atoms with E-state index >= 15 is 0 Å². The third-order valence-electron chi connectivity index (χ3n) is 3.25. The molecule has 2 aromatic carbocycles. The minimum absolute atomic E-state index is 0.212. The van der Waals surface area contributed by atoms with Gasteiger partial charge in [-0.15, -0.1) is 0 Å². The molecule has 0 saturated heterocycles. The lowest BCUT2D eigenvalue weighted by Crippen LogP contribution is -2.30. The summed E-state index contributed by atoms with van der Waals surface area (Å²) in [6.07, 6.45) is 0.212. The van der Waals surface area contributed by atoms with Crippen LogP contribution in [0.15, 0.2) is 36.4 Å². The summed E-state index contributed by atoms with van der Waals surface area (Å²) < 4.78 is 26.9. The lowest BCUT2D eigenvalue weighted by molar-refractivity contribution is 0.481. The minimum Gasteiger partial charge on any atom is -0.271 e. The van der Waals surface area contributed by atoms with Crippen molar-refractivity contribution in [3.8, 4) is 0 Å². The molecule has 1 unspecified atom stereocenters. The van der Waals surface area contributed by atoms with E-state index in [1.807, 2.05) is 25.1 Å². The lowest BCUT2D eigenvalue weighted by atomic mass is 9.97. The van der Waals surface area contributed by atoms with E-state index in [1.54, 1.807) is 0 Å². The first-order chi connectivity index (χ1) is 9.54. The lowest BCUT2D eigenvalue weighted by Gasteiger charge is -2.19. The molecular formula is C15H15ClF2N2. The van der Waals surface area contributed by atoms with Gasteiger partial charge in [-0.3, -0.25) is 11.3 Å². The molecule has 0 aliphatic rings. The Labute approximate surface area is 121 Å². The normalized spacial score (nSPS) is 12.4. The summed E-state index contributed by atoms with van der Waals surface area (Å²) in [5, 5.41) is 0.576. The molecule has 0 spiro atoms. The van der Waals surface area contributed by atoms with Crippen molar-refractivity contribution in [1.82, 2.24) is 5.43 Å². The molecule has 5 heteroatoms. The van der Waals surface area contributed by atoms with E-state index in [1.165, 1.54) is 12.1 Å². The SMILES string of the molecule is Cc1cccc(C(Cc2cccc(F)c2F)NN)c1Cl. The average molecular weight is 297 g/mol. The van der Waals surface area contributed by atoms with Crippen LogP contribution >= 0.6 is 11.6 Å². The van der Waals surface area contributed by atoms with Gasteiger partial charge in [-0.2, -0.15) is 0 Å². The van der Waals surface area contributed by atoms with Crippen LogP contribution in [0, 0.1) is 18.6 Å². The molecular weight excluding hydrogens is 282 g/mol. The van der Waals surface area contributed by atoms with Crippen LogP contribution < -0.4 is 11.3 Å². The van der Waals surface area contributed by atoms with Crippen LogP contribution in [-0.2, 0) is 6.42 Å². The summed E-state index contributed by atoms with van der Waals surface area (Å²) in [5.41, 5.74) is 4.53. The van der Waals surface area contributed by atoms with E-state index in [4.69, 9.17) is 17.4 Å². The van der Waals surface area contributed by atoms with Gasteiger partial charge >= 0.3 is 0 Å². The second-order valence-corrected chi connectivity index (χ2v) is 4.99. The number of halogens is 3. The van der Waals surface area contributed by atoms with Gasteiger partial charge in [0.2, 0.25) is 0 Å². The molecule has 1 atom stereocenters. The van der Waals surface area contributed by atoms with Crippen molar-refractivity contribution in [3.63, 3.8) is 0 Å². The Kier molecular flexibility index (Phi) is 4.70. The van der Waals surface area contributed by atoms with Crippen molar-refractivity contribution in [2.75, 3.05) is 0 Å². The van der Waals surface area contributed by atoms with Gasteiger partial charge in [0.05, 0.1) is 6.04 Å². The average Bonchev–Trinajstić information content (AvgIpc) is 2.44. The maximum absolute atomic E-state index is 13.7. The van der Waals surface area contributed by atoms with E-state index in [9.17, 15) is 8.78 Å². The zero-order valence-corrected chi connectivity index (χ0v) is 11.7. The van der Waals surface area contributed by atoms with Crippen LogP contribution in [0.4, 0.5) is 8.78 Å². The van der Waals surface area contributed by atoms with Crippen molar-refractivity contribution in [1.29, 1.82) is 0 Å². The fraction of sp³-hybridized carbons (Fsp3) is 0.200. The zero-order valence-electron chi connectivity index (χ0n) is 11.0. The number of benzene rings is 2. The monoisotopic (exact) mass is 296 g/mol. The minimum atomic E-state index is -0.867. The number of nitrogens with two attached hydrogens (primary N) is 1. The molecule has 106 valence electrons. The Morgan fingerprint density at radius 1 is 1.20 bits per heavy atom. The van der Waals surface area contributed by atoms with E-state index in [-0.39, 0.29) is 12.0 Å². The van der Waals surface area contributed by atoms with Gasteiger partial charge in [0.25, 0.3) is 0 Å². The summed E-state index contributed by atoms with van der Waals surface area (Å²) in [6, 6.07) is 9.25. The van der Waals surface area contributed by atoms with Crippen molar-refractivity contribution in [2.24, 2.45) is 5.84 Å². The van der Waals surface area contributed by atoms with Crippen LogP contribution in [0.1, 0.15) is 22.7 Å². The van der Waals surface area contributed by atoms with Crippen molar-refractivity contribution in [2.45, 2.75) is 19.4 Å². The highest BCUT2D eigenvalue weighted by molar-refractivity contribution is 6.32. The quantitative estimate of drug-likeness (QED) is 0.667. The molecule has 3 N–H and O–H groups in total. The second kappa shape index (κ2) is 6.31. The van der Waals surface area contributed by atoms with Crippen LogP contribution in [0.3, 0.4) is 0 Å². The fourth-order valence-electron chi connectivity index (χ4n) is 2.12. The number of nitrogens with one attached hydrogen (secondary N) is 1. The van der Waals surface area contributed by atoms with Crippen molar-refractivity contribution in [3.05, 3.63) is 69.7 Å². The van der Waals surface area contributed by atoms with E-state index in [0.29, 0.717) is 5.02 Å². The molecule has 0 saturated carbocycles. The Morgan fingerprint density at radius 2 is 1.90 bits per heavy atom. The number of hydrogen-bond donors (Lipinski definition) is 2. The number of rotatable bonds is 4. The summed E-state index contributed by atoms with van der Waals surface area (Å²) in [4.78, 5) is 0. The molecule has 0 bridgehead atoms. The first-order valence-electron chi connectivity index (χ1n) is 6.18. The number of aryl methyl sites for hydroxylation is 1. The third-order valence-corrected chi connectivity index (χ3v) is 3.77. The van der Waals surface area contributed by atoms with Crippen LogP contribution in [0.2, 0.25) is 5.02 Å². The van der Waals surface area contributed by atoms with Crippen LogP contribution in [-0.4, -0.2) is 0 Å². The predicted molar refractivity (Wildman–Crippen MR) is 76.3 cm³/mol. The highest BCUT2D eigenvalue weighted by atomic mass is 35.5. The first kappa shape index (κ1) is 14.9. The molecule has 0 aliphatic carbocycles. The Balaban J connectivity index is 2.34.